The molecule has 2 heterocycles. The number of benzene rings is 11. The van der Waals surface area contributed by atoms with E-state index >= 15 is 0 Å². The number of para-hydroxylation sites is 3. The minimum atomic E-state index is 0.882. The third-order valence-electron chi connectivity index (χ3n) is 13.6. The fourth-order valence-corrected chi connectivity index (χ4v) is 10.6. The van der Waals surface area contributed by atoms with Gasteiger partial charge in [-0.05, 0) is 92.0 Å². The van der Waals surface area contributed by atoms with Gasteiger partial charge in [-0.1, -0.05) is 224 Å². The number of hydrogen-bond acceptors (Lipinski definition) is 1. The minimum Gasteiger partial charge on any atom is -0.455 e. The number of furan rings is 1. The van der Waals surface area contributed by atoms with E-state index in [9.17, 15) is 0 Å². The van der Waals surface area contributed by atoms with E-state index in [2.05, 4.69) is 259 Å². The maximum atomic E-state index is 6.79. The summed E-state index contributed by atoms with van der Waals surface area (Å²) in [6, 6.07) is 94.6. The smallest absolute Gasteiger partial charge is 0.143 e. The number of hydrogen-bond donors (Lipinski definition) is 0. The van der Waals surface area contributed by atoms with Crippen molar-refractivity contribution in [1.82, 2.24) is 4.57 Å². The molecule has 2 heteroatoms. The van der Waals surface area contributed by atoms with E-state index in [1.807, 2.05) is 6.07 Å². The summed E-state index contributed by atoms with van der Waals surface area (Å²) in [5.74, 6) is 0. The van der Waals surface area contributed by atoms with Gasteiger partial charge in [-0.3, -0.25) is 0 Å². The molecule has 0 fully saturated rings. The molecule has 0 aliphatic carbocycles. The second kappa shape index (κ2) is 16.5. The van der Waals surface area contributed by atoms with Crippen LogP contribution in [0.4, 0.5) is 0 Å². The number of nitrogens with zero attached hydrogens (tertiary/aromatic N) is 1. The zero-order valence-corrected chi connectivity index (χ0v) is 37.2. The van der Waals surface area contributed by atoms with Crippen LogP contribution in [-0.2, 0) is 0 Å². The lowest BCUT2D eigenvalue weighted by molar-refractivity contribution is 0.670. The first-order valence-corrected chi connectivity index (χ1v) is 23.3. The van der Waals surface area contributed by atoms with Gasteiger partial charge in [0.1, 0.15) is 11.2 Å². The molecule has 13 rings (SSSR count). The molecular formula is C66H43NO. The van der Waals surface area contributed by atoms with Crippen molar-refractivity contribution in [2.75, 3.05) is 0 Å². The molecule has 68 heavy (non-hydrogen) atoms. The van der Waals surface area contributed by atoms with Crippen LogP contribution in [-0.4, -0.2) is 4.57 Å². The Hall–Kier alpha value is -8.98. The molecule has 0 spiro atoms. The van der Waals surface area contributed by atoms with Gasteiger partial charge in [-0.25, -0.2) is 0 Å². The Kier molecular flexibility index (Phi) is 9.54. The highest BCUT2D eigenvalue weighted by atomic mass is 16.3. The van der Waals surface area contributed by atoms with E-state index in [4.69, 9.17) is 4.42 Å². The molecule has 0 unspecified atom stereocenters. The summed E-state index contributed by atoms with van der Waals surface area (Å²) in [6.45, 7) is 0. The molecule has 0 aliphatic rings. The van der Waals surface area contributed by atoms with E-state index < -0.39 is 0 Å². The average Bonchev–Trinajstić information content (AvgIpc) is 3.97. The summed E-state index contributed by atoms with van der Waals surface area (Å²) >= 11 is 0. The largest absolute Gasteiger partial charge is 0.455 e. The average molecular weight is 866 g/mol. The molecule has 0 saturated carbocycles. The van der Waals surface area contributed by atoms with E-state index in [1.54, 1.807) is 0 Å². The topological polar surface area (TPSA) is 18.1 Å². The highest BCUT2D eigenvalue weighted by Gasteiger charge is 2.26. The van der Waals surface area contributed by atoms with Crippen molar-refractivity contribution < 1.29 is 4.42 Å². The lowest BCUT2D eigenvalue weighted by Gasteiger charge is -2.19. The Balaban J connectivity index is 1.21. The monoisotopic (exact) mass is 865 g/mol. The van der Waals surface area contributed by atoms with Gasteiger partial charge in [-0.2, -0.15) is 0 Å². The van der Waals surface area contributed by atoms with Crippen LogP contribution in [0.15, 0.2) is 265 Å². The first kappa shape index (κ1) is 39.4. The quantitative estimate of drug-likeness (QED) is 0.149. The molecular weight excluding hydrogens is 823 g/mol. The summed E-state index contributed by atoms with van der Waals surface area (Å²) in [6.07, 6.45) is 0. The molecule has 2 nitrogen and oxygen atoms in total. The normalized spacial score (nSPS) is 11.5. The lowest BCUT2D eigenvalue weighted by Crippen LogP contribution is -2.00. The van der Waals surface area contributed by atoms with Gasteiger partial charge in [0.15, 0.2) is 0 Å². The number of fused-ring (bicyclic) bond motifs is 6. The van der Waals surface area contributed by atoms with E-state index in [1.165, 1.54) is 44.2 Å². The highest BCUT2D eigenvalue weighted by molar-refractivity contribution is 6.20. The molecule has 0 atom stereocenters. The fraction of sp³-hybridized carbons (Fsp3) is 0. The molecule has 0 saturated heterocycles. The highest BCUT2D eigenvalue weighted by Crippen LogP contribution is 2.49. The van der Waals surface area contributed by atoms with Crippen LogP contribution >= 0.6 is 0 Å². The fourth-order valence-electron chi connectivity index (χ4n) is 10.6. The van der Waals surface area contributed by atoms with Gasteiger partial charge in [0.25, 0.3) is 0 Å². The molecule has 0 amide bonds. The van der Waals surface area contributed by atoms with Crippen LogP contribution in [0.1, 0.15) is 0 Å². The third kappa shape index (κ3) is 6.57. The van der Waals surface area contributed by atoms with E-state index in [0.717, 1.165) is 83.2 Å². The Morgan fingerprint density at radius 1 is 0.235 bits per heavy atom. The Labute approximate surface area is 395 Å². The van der Waals surface area contributed by atoms with Crippen molar-refractivity contribution in [1.29, 1.82) is 0 Å². The zero-order chi connectivity index (χ0) is 45.0. The number of rotatable bonds is 8. The Bertz CT molecular complexity index is 3810. The molecule has 0 aliphatic heterocycles. The van der Waals surface area contributed by atoms with Crippen LogP contribution < -0.4 is 0 Å². The molecule has 318 valence electrons. The van der Waals surface area contributed by atoms with Crippen molar-refractivity contribution in [2.45, 2.75) is 0 Å². The minimum absolute atomic E-state index is 0.882. The van der Waals surface area contributed by atoms with E-state index in [0.29, 0.717) is 0 Å². The molecule has 11 aromatic carbocycles. The third-order valence-corrected chi connectivity index (χ3v) is 13.6. The summed E-state index contributed by atoms with van der Waals surface area (Å²) < 4.78 is 9.35. The first-order valence-electron chi connectivity index (χ1n) is 23.3. The second-order valence-corrected chi connectivity index (χ2v) is 17.5. The van der Waals surface area contributed by atoms with Gasteiger partial charge in [0, 0.05) is 43.8 Å². The number of aromatic nitrogens is 1. The van der Waals surface area contributed by atoms with Crippen LogP contribution in [0.2, 0.25) is 0 Å². The van der Waals surface area contributed by atoms with Crippen molar-refractivity contribution >= 4 is 43.7 Å². The van der Waals surface area contributed by atoms with Crippen molar-refractivity contribution in [2.24, 2.45) is 0 Å². The van der Waals surface area contributed by atoms with Crippen molar-refractivity contribution in [3.8, 4) is 83.6 Å². The van der Waals surface area contributed by atoms with Crippen molar-refractivity contribution in [3.05, 3.63) is 261 Å². The van der Waals surface area contributed by atoms with Gasteiger partial charge >= 0.3 is 0 Å². The molecule has 0 bridgehead atoms. The van der Waals surface area contributed by atoms with Gasteiger partial charge in [-0.15, -0.1) is 0 Å². The Morgan fingerprint density at radius 2 is 0.603 bits per heavy atom. The second-order valence-electron chi connectivity index (χ2n) is 17.5. The van der Waals surface area contributed by atoms with Crippen LogP contribution in [0.25, 0.3) is 127 Å². The SMILES string of the molecule is c1ccc(-c2ccccc2-c2cc(-c3ccccc3)c3c(c2)c2cc(-c4ccccc4-c4ccccc4)cc(-c4ccccc4)c2n3-c2ccccc2-c2cccc3c2oc2ccccc23)cc1. The molecule has 13 aromatic rings. The van der Waals surface area contributed by atoms with Gasteiger partial charge in [0.05, 0.1) is 16.7 Å². The standard InChI is InChI=1S/C66H43NO/c1-5-22-44(23-6-1)50-30-13-15-32-52(50)48-40-58(46-26-9-3-10-27-46)64-60(42-48)61-43-49(53-33-16-14-31-51(53)45-24-7-2-8-25-45)41-59(47-28-11-4-12-29-47)65(61)67(64)62-38-19-17-34-54(62)56-36-21-37-57-55-35-18-20-39-63(55)68-66(56)57/h1-43H. The van der Waals surface area contributed by atoms with Crippen molar-refractivity contribution in [3.63, 3.8) is 0 Å². The first-order chi connectivity index (χ1) is 33.8. The summed E-state index contributed by atoms with van der Waals surface area (Å²) in [5.41, 5.74) is 21.3. The summed E-state index contributed by atoms with van der Waals surface area (Å²) in [7, 11) is 0. The predicted molar refractivity (Wildman–Crippen MR) is 286 cm³/mol. The summed E-state index contributed by atoms with van der Waals surface area (Å²) in [4.78, 5) is 0. The molecule has 0 N–H and O–H groups in total. The van der Waals surface area contributed by atoms with Crippen LogP contribution in [0.3, 0.4) is 0 Å². The predicted octanol–water partition coefficient (Wildman–Crippen LogP) is 18.4. The molecule has 2 aromatic heterocycles. The van der Waals surface area contributed by atoms with E-state index in [-0.39, 0.29) is 0 Å². The lowest BCUT2D eigenvalue weighted by atomic mass is 9.89. The van der Waals surface area contributed by atoms with Gasteiger partial charge in [0.2, 0.25) is 0 Å². The van der Waals surface area contributed by atoms with Crippen LogP contribution in [0, 0.1) is 0 Å². The zero-order valence-electron chi connectivity index (χ0n) is 37.2. The Morgan fingerprint density at radius 3 is 1.10 bits per heavy atom. The summed E-state index contributed by atoms with van der Waals surface area (Å²) in [5, 5.41) is 4.57. The maximum absolute atomic E-state index is 6.79. The molecule has 0 radical (unpaired) electrons. The van der Waals surface area contributed by atoms with Gasteiger partial charge < -0.3 is 8.98 Å². The van der Waals surface area contributed by atoms with Crippen LogP contribution in [0.5, 0.6) is 0 Å². The maximum Gasteiger partial charge on any atom is 0.143 e.